The van der Waals surface area contributed by atoms with E-state index in [1.54, 1.807) is 17.2 Å². The number of carbonyl (C=O) groups excluding carboxylic acids is 3. The van der Waals surface area contributed by atoms with Crippen LogP contribution in [0.5, 0.6) is 0 Å². The first kappa shape index (κ1) is 27.7. The molecule has 10 nitrogen and oxygen atoms in total. The molecule has 1 saturated carbocycles. The maximum atomic E-state index is 13.7. The van der Waals surface area contributed by atoms with Crippen molar-refractivity contribution >= 4 is 35.3 Å². The SMILES string of the molecule is N#C/C(=C\C1CC1)C(=O)N1CCC[C@@H](NC(=O)C2=C3NC(=O)N(c4ccnc(-c5ccccc5)c4)C4CCNC(S2)C34)C1. The summed E-state index contributed by atoms with van der Waals surface area (Å²) in [6, 6.07) is 15.2. The number of pyridine rings is 1. The van der Waals surface area contributed by atoms with Gasteiger partial charge in [-0.25, -0.2) is 4.79 Å². The smallest absolute Gasteiger partial charge is 0.326 e. The molecule has 4 amide bonds. The third kappa shape index (κ3) is 5.41. The van der Waals surface area contributed by atoms with Gasteiger partial charge in [0.2, 0.25) is 0 Å². The van der Waals surface area contributed by atoms with Gasteiger partial charge in [-0.05, 0) is 56.7 Å². The zero-order valence-electron chi connectivity index (χ0n) is 23.7. The standard InChI is InChI=1S/C32H33N7O3S/c33-17-21(15-19-8-9-19)31(41)38-14-4-7-22(18-38)36-29(40)28-27-26-25(11-13-35-30(26)43-28)39(32(42)37-27)23-10-12-34-24(16-23)20-5-2-1-3-6-20/h1-3,5-6,10,12,15-16,19,22,25-26,30,35H,4,7-9,11,13-14,18H2,(H,36,40)(H,37,42)/b21-15+/t22-,25?,26?,30?/m1/s1. The highest BCUT2D eigenvalue weighted by molar-refractivity contribution is 8.04. The van der Waals surface area contributed by atoms with E-state index in [9.17, 15) is 19.6 Å². The van der Waals surface area contributed by atoms with Crippen molar-refractivity contribution in [2.75, 3.05) is 24.5 Å². The molecule has 0 radical (unpaired) electrons. The Hall–Kier alpha value is -4.14. The van der Waals surface area contributed by atoms with Gasteiger partial charge in [-0.3, -0.25) is 19.5 Å². The third-order valence-electron chi connectivity index (χ3n) is 8.86. The number of nitrogens with one attached hydrogen (secondary N) is 3. The molecule has 4 fully saturated rings. The molecule has 0 bridgehead atoms. The number of rotatable bonds is 6. The average Bonchev–Trinajstić information content (AvgIpc) is 3.79. The zero-order valence-corrected chi connectivity index (χ0v) is 24.5. The first-order valence-electron chi connectivity index (χ1n) is 15.0. The Labute approximate surface area is 254 Å². The highest BCUT2D eigenvalue weighted by Crippen LogP contribution is 2.48. The second kappa shape index (κ2) is 11.5. The molecule has 3 saturated heterocycles. The summed E-state index contributed by atoms with van der Waals surface area (Å²) in [5.74, 6) is -0.221. The Balaban J connectivity index is 1.09. The average molecular weight is 596 g/mol. The number of thioether (sulfide) groups is 1. The molecule has 1 aromatic heterocycles. The molecule has 7 rings (SSSR count). The van der Waals surface area contributed by atoms with Crippen LogP contribution in [-0.2, 0) is 9.59 Å². The number of hydrogen-bond donors (Lipinski definition) is 3. The number of allylic oxidation sites excluding steroid dienone is 1. The summed E-state index contributed by atoms with van der Waals surface area (Å²) < 4.78 is 0. The summed E-state index contributed by atoms with van der Waals surface area (Å²) >= 11 is 1.47. The minimum atomic E-state index is -0.255. The van der Waals surface area contributed by atoms with Crippen molar-refractivity contribution in [3.63, 3.8) is 0 Å². The zero-order chi connectivity index (χ0) is 29.5. The van der Waals surface area contributed by atoms with Gasteiger partial charge in [0.1, 0.15) is 11.6 Å². The first-order valence-corrected chi connectivity index (χ1v) is 15.9. The van der Waals surface area contributed by atoms with E-state index in [0.29, 0.717) is 29.6 Å². The topological polar surface area (TPSA) is 130 Å². The molecule has 1 aliphatic carbocycles. The molecule has 0 spiro atoms. The number of amides is 4. The van der Waals surface area contributed by atoms with Crippen LogP contribution >= 0.6 is 11.8 Å². The lowest BCUT2D eigenvalue weighted by molar-refractivity contribution is -0.129. The van der Waals surface area contributed by atoms with Gasteiger partial charge >= 0.3 is 6.03 Å². The van der Waals surface area contributed by atoms with E-state index in [1.165, 1.54) is 11.8 Å². The molecule has 4 atom stereocenters. The minimum Gasteiger partial charge on any atom is -0.347 e. The molecule has 43 heavy (non-hydrogen) atoms. The molecular formula is C32H33N7O3S. The number of nitrogens with zero attached hydrogens (tertiary/aromatic N) is 4. The molecule has 4 aliphatic heterocycles. The summed E-state index contributed by atoms with van der Waals surface area (Å²) in [5, 5.41) is 19.2. The van der Waals surface area contributed by atoms with Gasteiger partial charge < -0.3 is 20.9 Å². The van der Waals surface area contributed by atoms with Crippen molar-refractivity contribution in [3.8, 4) is 17.3 Å². The van der Waals surface area contributed by atoms with Gasteiger partial charge in [0.15, 0.2) is 0 Å². The monoisotopic (exact) mass is 595 g/mol. The van der Waals surface area contributed by atoms with Crippen LogP contribution in [0, 0.1) is 23.2 Å². The molecule has 2 aromatic rings. The maximum Gasteiger partial charge on any atom is 0.326 e. The number of anilines is 1. The lowest BCUT2D eigenvalue weighted by Crippen LogP contribution is -2.62. The molecule has 11 heteroatoms. The maximum absolute atomic E-state index is 13.7. The second-order valence-electron chi connectivity index (χ2n) is 11.8. The number of hydrogen-bond acceptors (Lipinski definition) is 7. The Morgan fingerprint density at radius 1 is 1.14 bits per heavy atom. The van der Waals surface area contributed by atoms with Crippen molar-refractivity contribution in [2.45, 2.75) is 49.6 Å². The Morgan fingerprint density at radius 3 is 2.77 bits per heavy atom. The number of piperidine rings is 2. The quantitative estimate of drug-likeness (QED) is 0.344. The number of benzene rings is 1. The number of aromatic nitrogens is 1. The lowest BCUT2D eigenvalue weighted by atomic mass is 9.86. The number of carbonyl (C=O) groups is 3. The van der Waals surface area contributed by atoms with Gasteiger partial charge in [-0.1, -0.05) is 48.2 Å². The molecule has 3 unspecified atom stereocenters. The van der Waals surface area contributed by atoms with Gasteiger partial charge in [0, 0.05) is 48.2 Å². The molecule has 1 aromatic carbocycles. The number of urea groups is 1. The largest absolute Gasteiger partial charge is 0.347 e. The summed E-state index contributed by atoms with van der Waals surface area (Å²) in [5.41, 5.74) is 3.42. The van der Waals surface area contributed by atoms with Gasteiger partial charge in [-0.15, -0.1) is 0 Å². The third-order valence-corrected chi connectivity index (χ3v) is 10.2. The van der Waals surface area contributed by atoms with E-state index in [-0.39, 0.29) is 46.8 Å². The molecular weight excluding hydrogens is 562 g/mol. The van der Waals surface area contributed by atoms with E-state index in [1.807, 2.05) is 47.4 Å². The normalized spacial score (nSPS) is 26.9. The fourth-order valence-corrected chi connectivity index (χ4v) is 8.01. The Bertz CT molecular complexity index is 1560. The van der Waals surface area contributed by atoms with Crippen LogP contribution in [-0.4, -0.2) is 64.8 Å². The van der Waals surface area contributed by atoms with Crippen molar-refractivity contribution in [3.05, 3.63) is 70.9 Å². The van der Waals surface area contributed by atoms with Crippen molar-refractivity contribution in [2.24, 2.45) is 11.8 Å². The highest BCUT2D eigenvalue weighted by atomic mass is 32.2. The summed E-state index contributed by atoms with van der Waals surface area (Å²) in [4.78, 5) is 48.9. The molecule has 5 aliphatic rings. The highest BCUT2D eigenvalue weighted by Gasteiger charge is 2.52. The number of nitriles is 1. The fourth-order valence-electron chi connectivity index (χ4n) is 6.61. The lowest BCUT2D eigenvalue weighted by Gasteiger charge is -2.45. The van der Waals surface area contributed by atoms with Crippen molar-refractivity contribution in [1.29, 1.82) is 5.26 Å². The second-order valence-corrected chi connectivity index (χ2v) is 12.9. The Kier molecular flexibility index (Phi) is 7.41. The van der Waals surface area contributed by atoms with Crippen LogP contribution < -0.4 is 20.9 Å². The first-order chi connectivity index (χ1) is 21.0. The Morgan fingerprint density at radius 2 is 1.98 bits per heavy atom. The van der Waals surface area contributed by atoms with E-state index >= 15 is 0 Å². The summed E-state index contributed by atoms with van der Waals surface area (Å²) in [6.45, 7) is 1.66. The van der Waals surface area contributed by atoms with Crippen LogP contribution in [0.1, 0.15) is 32.1 Å². The molecule has 220 valence electrons. The number of likely N-dealkylation sites (tertiary alicyclic amines) is 1. The van der Waals surface area contributed by atoms with Crippen molar-refractivity contribution < 1.29 is 14.4 Å². The van der Waals surface area contributed by atoms with Crippen LogP contribution in [0.3, 0.4) is 0 Å². The van der Waals surface area contributed by atoms with Crippen LogP contribution in [0.4, 0.5) is 10.5 Å². The van der Waals surface area contributed by atoms with Crippen molar-refractivity contribution in [1.82, 2.24) is 25.8 Å². The van der Waals surface area contributed by atoms with Gasteiger partial charge in [0.05, 0.1) is 22.0 Å². The molecule has 3 N–H and O–H groups in total. The summed E-state index contributed by atoms with van der Waals surface area (Å²) in [6.07, 6.45) is 7.82. The van der Waals surface area contributed by atoms with E-state index in [2.05, 4.69) is 27.0 Å². The van der Waals surface area contributed by atoms with E-state index in [0.717, 1.165) is 55.6 Å². The molecule has 5 heterocycles. The van der Waals surface area contributed by atoms with Gasteiger partial charge in [0.25, 0.3) is 11.8 Å². The van der Waals surface area contributed by atoms with Gasteiger partial charge in [-0.2, -0.15) is 5.26 Å². The predicted molar refractivity (Wildman–Crippen MR) is 163 cm³/mol. The fraction of sp³-hybridized carbons (Fsp3) is 0.406. The van der Waals surface area contributed by atoms with Crippen LogP contribution in [0.2, 0.25) is 0 Å². The van der Waals surface area contributed by atoms with E-state index in [4.69, 9.17) is 0 Å². The summed E-state index contributed by atoms with van der Waals surface area (Å²) in [7, 11) is 0. The van der Waals surface area contributed by atoms with E-state index < -0.39 is 0 Å². The minimum absolute atomic E-state index is 0.0387. The van der Waals surface area contributed by atoms with Crippen LogP contribution in [0.15, 0.2) is 70.9 Å². The van der Waals surface area contributed by atoms with Crippen LogP contribution in [0.25, 0.3) is 11.3 Å². The predicted octanol–water partition coefficient (Wildman–Crippen LogP) is 3.51.